The molecule has 0 saturated heterocycles. The largest absolute Gasteiger partial charge is 0.486 e. The molecule has 0 bridgehead atoms. The van der Waals surface area contributed by atoms with Gasteiger partial charge >= 0.3 is 0 Å². The predicted octanol–water partition coefficient (Wildman–Crippen LogP) is 7.82. The van der Waals surface area contributed by atoms with Gasteiger partial charge in [0.25, 0.3) is 0 Å². The molecule has 0 spiro atoms. The van der Waals surface area contributed by atoms with Crippen LogP contribution in [0.2, 0.25) is 0 Å². The zero-order chi connectivity index (χ0) is 22.5. The van der Waals surface area contributed by atoms with Crippen molar-refractivity contribution in [1.29, 1.82) is 0 Å². The maximum atomic E-state index is 14.9. The Morgan fingerprint density at radius 1 is 0.844 bits per heavy atom. The molecule has 3 saturated carbocycles. The first-order chi connectivity index (χ1) is 15.6. The summed E-state index contributed by atoms with van der Waals surface area (Å²) in [4.78, 5) is 0. The summed E-state index contributed by atoms with van der Waals surface area (Å²) in [7, 11) is 0. The van der Waals surface area contributed by atoms with E-state index in [1.165, 1.54) is 44.9 Å². The zero-order valence-electron chi connectivity index (χ0n) is 19.8. The van der Waals surface area contributed by atoms with Gasteiger partial charge in [0, 0.05) is 6.61 Å². The van der Waals surface area contributed by atoms with Crippen LogP contribution in [0.1, 0.15) is 89.5 Å². The second kappa shape index (κ2) is 11.1. The third-order valence-electron chi connectivity index (χ3n) is 8.53. The van der Waals surface area contributed by atoms with Crippen LogP contribution in [0.4, 0.5) is 8.78 Å². The molecule has 1 aromatic rings. The van der Waals surface area contributed by atoms with Gasteiger partial charge in [-0.1, -0.05) is 18.2 Å². The molecule has 1 aromatic carbocycles. The summed E-state index contributed by atoms with van der Waals surface area (Å²) < 4.78 is 40.7. The minimum Gasteiger partial charge on any atom is -0.486 e. The molecule has 32 heavy (non-hydrogen) atoms. The van der Waals surface area contributed by atoms with Crippen LogP contribution >= 0.6 is 0 Å². The van der Waals surface area contributed by atoms with E-state index in [2.05, 4.69) is 6.92 Å². The van der Waals surface area contributed by atoms with Crippen molar-refractivity contribution in [3.63, 3.8) is 0 Å². The molecule has 3 fully saturated rings. The lowest BCUT2D eigenvalue weighted by molar-refractivity contribution is 0.00577. The van der Waals surface area contributed by atoms with Crippen molar-refractivity contribution in [2.24, 2.45) is 23.7 Å². The fourth-order valence-corrected chi connectivity index (χ4v) is 6.81. The highest BCUT2D eigenvalue weighted by Gasteiger charge is 2.39. The zero-order valence-corrected chi connectivity index (χ0v) is 19.8. The number of hydrogen-bond donors (Lipinski definition) is 0. The Hall–Kier alpha value is -1.42. The van der Waals surface area contributed by atoms with Gasteiger partial charge in [-0.15, -0.1) is 0 Å². The van der Waals surface area contributed by atoms with Gasteiger partial charge in [-0.25, -0.2) is 4.39 Å². The Morgan fingerprint density at radius 3 is 2.22 bits per heavy atom. The van der Waals surface area contributed by atoms with E-state index >= 15 is 0 Å². The van der Waals surface area contributed by atoms with Crippen LogP contribution < -0.4 is 4.74 Å². The third-order valence-corrected chi connectivity index (χ3v) is 8.53. The van der Waals surface area contributed by atoms with Gasteiger partial charge in [0.15, 0.2) is 11.6 Å². The number of rotatable bonds is 7. The molecule has 3 aliphatic carbocycles. The third kappa shape index (κ3) is 5.38. The van der Waals surface area contributed by atoms with Crippen molar-refractivity contribution in [2.75, 3.05) is 13.2 Å². The number of halogens is 2. The summed E-state index contributed by atoms with van der Waals surface area (Å²) >= 11 is 0. The first kappa shape index (κ1) is 23.7. The molecular formula is C28H40F2O2. The Balaban J connectivity index is 1.32. The fourth-order valence-electron chi connectivity index (χ4n) is 6.81. The van der Waals surface area contributed by atoms with Crippen LogP contribution in [-0.2, 0) is 4.74 Å². The quantitative estimate of drug-likeness (QED) is 0.398. The van der Waals surface area contributed by atoms with Gasteiger partial charge in [-0.3, -0.25) is 0 Å². The maximum Gasteiger partial charge on any atom is 0.200 e. The van der Waals surface area contributed by atoms with Crippen LogP contribution in [0.25, 0.3) is 0 Å². The number of allylic oxidation sites excluding steroid dienone is 1. The van der Waals surface area contributed by atoms with Gasteiger partial charge in [0.05, 0.1) is 6.10 Å². The van der Waals surface area contributed by atoms with E-state index in [4.69, 9.17) is 9.47 Å². The number of fused-ring (bicyclic) bond motifs is 1. The van der Waals surface area contributed by atoms with Gasteiger partial charge in [0.1, 0.15) is 6.61 Å². The van der Waals surface area contributed by atoms with E-state index in [9.17, 15) is 8.78 Å². The van der Waals surface area contributed by atoms with E-state index in [0.29, 0.717) is 17.6 Å². The van der Waals surface area contributed by atoms with Crippen LogP contribution in [-0.4, -0.2) is 19.3 Å². The lowest BCUT2D eigenvalue weighted by atomic mass is 9.60. The Kier molecular flexibility index (Phi) is 8.26. The lowest BCUT2D eigenvalue weighted by Gasteiger charge is -2.45. The van der Waals surface area contributed by atoms with Gasteiger partial charge < -0.3 is 9.47 Å². The van der Waals surface area contributed by atoms with Crippen LogP contribution in [0.3, 0.4) is 0 Å². The molecule has 0 aromatic heterocycles. The normalized spacial score (nSPS) is 33.2. The predicted molar refractivity (Wildman–Crippen MR) is 125 cm³/mol. The molecule has 0 radical (unpaired) electrons. The SMILES string of the molecule is C/C=C/COc1ccc(C2CCC3CC(C4CCC(OCC)CC4)CCC3C2)c(F)c1F. The smallest absolute Gasteiger partial charge is 0.200 e. The van der Waals surface area contributed by atoms with Gasteiger partial charge in [-0.05, 0) is 119 Å². The minimum absolute atomic E-state index is 0.0117. The van der Waals surface area contributed by atoms with E-state index in [0.717, 1.165) is 43.6 Å². The molecule has 0 N–H and O–H groups in total. The average molecular weight is 447 g/mol. The second-order valence-electron chi connectivity index (χ2n) is 10.3. The van der Waals surface area contributed by atoms with E-state index in [1.807, 2.05) is 13.0 Å². The number of hydrogen-bond acceptors (Lipinski definition) is 2. The molecule has 4 rings (SSSR count). The standard InChI is InChI=1S/C28H40F2O2/c1-3-5-16-32-26-15-14-25(27(29)28(26)30)23-9-8-21-17-20(6-7-22(21)18-23)19-10-12-24(13-11-19)31-4-2/h3,5,14-15,19-24H,4,6-13,16-18H2,1-2H3/b5-3+. The molecule has 0 amide bonds. The monoisotopic (exact) mass is 446 g/mol. The molecule has 3 aliphatic rings. The topological polar surface area (TPSA) is 18.5 Å². The first-order valence-corrected chi connectivity index (χ1v) is 12.9. The van der Waals surface area contributed by atoms with Crippen LogP contribution in [0, 0.1) is 35.3 Å². The minimum atomic E-state index is -0.833. The molecule has 178 valence electrons. The highest BCUT2D eigenvalue weighted by molar-refractivity contribution is 5.33. The molecule has 4 heteroatoms. The lowest BCUT2D eigenvalue weighted by Crippen LogP contribution is -2.35. The molecule has 0 heterocycles. The Morgan fingerprint density at radius 2 is 1.50 bits per heavy atom. The maximum absolute atomic E-state index is 14.9. The van der Waals surface area contributed by atoms with Crippen molar-refractivity contribution in [2.45, 2.75) is 90.1 Å². The van der Waals surface area contributed by atoms with Gasteiger partial charge in [-0.2, -0.15) is 4.39 Å². The average Bonchev–Trinajstić information content (AvgIpc) is 2.82. The molecule has 4 unspecified atom stereocenters. The molecule has 0 aliphatic heterocycles. The van der Waals surface area contributed by atoms with Gasteiger partial charge in [0.2, 0.25) is 5.82 Å². The van der Waals surface area contributed by atoms with Crippen molar-refractivity contribution in [3.8, 4) is 5.75 Å². The Bertz CT molecular complexity index is 769. The second-order valence-corrected chi connectivity index (χ2v) is 10.3. The molecular weight excluding hydrogens is 406 g/mol. The van der Waals surface area contributed by atoms with E-state index in [1.54, 1.807) is 18.2 Å². The molecule has 4 atom stereocenters. The number of benzene rings is 1. The first-order valence-electron chi connectivity index (χ1n) is 12.9. The summed E-state index contributed by atoms with van der Waals surface area (Å²) in [5.41, 5.74) is 0.552. The van der Waals surface area contributed by atoms with Crippen molar-refractivity contribution >= 4 is 0 Å². The highest BCUT2D eigenvalue weighted by atomic mass is 19.2. The summed E-state index contributed by atoms with van der Waals surface area (Å²) in [6.45, 7) is 5.06. The highest BCUT2D eigenvalue weighted by Crippen LogP contribution is 2.51. The van der Waals surface area contributed by atoms with Crippen LogP contribution in [0.15, 0.2) is 24.3 Å². The fraction of sp³-hybridized carbons (Fsp3) is 0.714. The molecule has 2 nitrogen and oxygen atoms in total. The summed E-state index contributed by atoms with van der Waals surface area (Å²) in [6, 6.07) is 3.37. The number of ether oxygens (including phenoxy) is 2. The summed E-state index contributed by atoms with van der Waals surface area (Å²) in [5, 5.41) is 0. The van der Waals surface area contributed by atoms with Crippen molar-refractivity contribution < 1.29 is 18.3 Å². The van der Waals surface area contributed by atoms with Crippen molar-refractivity contribution in [1.82, 2.24) is 0 Å². The Labute approximate surface area is 192 Å². The van der Waals surface area contributed by atoms with Crippen molar-refractivity contribution in [3.05, 3.63) is 41.5 Å². The van der Waals surface area contributed by atoms with E-state index in [-0.39, 0.29) is 18.3 Å². The van der Waals surface area contributed by atoms with E-state index < -0.39 is 11.6 Å². The summed E-state index contributed by atoms with van der Waals surface area (Å²) in [6.07, 6.45) is 16.2. The summed E-state index contributed by atoms with van der Waals surface area (Å²) in [5.74, 6) is 1.77. The van der Waals surface area contributed by atoms with Crippen LogP contribution in [0.5, 0.6) is 5.75 Å².